The number of halogens is 1. The van der Waals surface area contributed by atoms with Gasteiger partial charge in [0.2, 0.25) is 5.91 Å². The molecule has 2 bridgehead atoms. The first-order chi connectivity index (χ1) is 18.2. The Morgan fingerprint density at radius 2 is 1.84 bits per heavy atom. The highest BCUT2D eigenvalue weighted by atomic mass is 35.5. The van der Waals surface area contributed by atoms with E-state index in [4.69, 9.17) is 11.6 Å². The fourth-order valence-corrected chi connectivity index (χ4v) is 6.66. The van der Waals surface area contributed by atoms with Crippen LogP contribution in [0.25, 0.3) is 0 Å². The summed E-state index contributed by atoms with van der Waals surface area (Å²) in [4.78, 5) is 32.9. The minimum absolute atomic E-state index is 0.0667. The van der Waals surface area contributed by atoms with Crippen molar-refractivity contribution in [2.24, 2.45) is 23.2 Å². The Hall–Kier alpha value is -2.05. The van der Waals surface area contributed by atoms with E-state index in [1.165, 1.54) is 12.0 Å². The number of allylic oxidation sites excluding steroid dienone is 1. The summed E-state index contributed by atoms with van der Waals surface area (Å²) >= 11 is 6.04. The Morgan fingerprint density at radius 3 is 2.45 bits per heavy atom. The van der Waals surface area contributed by atoms with Gasteiger partial charge in [-0.15, -0.1) is 0 Å². The molecule has 1 heterocycles. The summed E-state index contributed by atoms with van der Waals surface area (Å²) in [6.07, 6.45) is 8.93. The zero-order valence-electron chi connectivity index (χ0n) is 23.8. The van der Waals surface area contributed by atoms with Gasteiger partial charge in [-0.3, -0.25) is 9.69 Å². The Kier molecular flexibility index (Phi) is 9.80. The number of carbonyl (C=O) groups is 2. The van der Waals surface area contributed by atoms with Crippen LogP contribution in [0.15, 0.2) is 35.9 Å². The van der Waals surface area contributed by atoms with E-state index in [0.717, 1.165) is 76.4 Å². The standard InChI is InChI=1S/C31H47ClN4O2/c1-5-7-8-23(6-2)29(37)35-18-15-34(16-19-35)17-20-36(30(38)33-27-13-11-26(32)12-14-27)22-24-9-10-25-21-28(24)31(25,3)4/h9,11-14,23,25,28H,5-8,10,15-22H2,1-4H3,(H,33,38). The summed E-state index contributed by atoms with van der Waals surface area (Å²) in [5.74, 6) is 1.84. The zero-order chi connectivity index (χ0) is 27.3. The van der Waals surface area contributed by atoms with Crippen LogP contribution in [-0.4, -0.2) is 72.5 Å². The van der Waals surface area contributed by atoms with Crippen molar-refractivity contribution in [2.75, 3.05) is 51.1 Å². The van der Waals surface area contributed by atoms with Crippen LogP contribution in [0.3, 0.4) is 0 Å². The molecule has 0 radical (unpaired) electrons. The minimum atomic E-state index is -0.0667. The molecule has 1 saturated heterocycles. The number of rotatable bonds is 11. The Bertz CT molecular complexity index is 984. The van der Waals surface area contributed by atoms with Gasteiger partial charge in [-0.1, -0.05) is 63.8 Å². The summed E-state index contributed by atoms with van der Waals surface area (Å²) in [6.45, 7) is 14.5. The molecule has 3 atom stereocenters. The number of piperazine rings is 1. The van der Waals surface area contributed by atoms with E-state index in [9.17, 15) is 9.59 Å². The van der Waals surface area contributed by atoms with Crippen molar-refractivity contribution in [1.29, 1.82) is 0 Å². The third-order valence-electron chi connectivity index (χ3n) is 9.46. The third-order valence-corrected chi connectivity index (χ3v) is 9.71. The number of amides is 3. The van der Waals surface area contributed by atoms with Crippen molar-refractivity contribution in [3.8, 4) is 0 Å². The Labute approximate surface area is 234 Å². The molecule has 38 heavy (non-hydrogen) atoms. The van der Waals surface area contributed by atoms with Gasteiger partial charge in [-0.25, -0.2) is 4.79 Å². The fourth-order valence-electron chi connectivity index (χ4n) is 6.53. The number of urea groups is 1. The quantitative estimate of drug-likeness (QED) is 0.323. The second-order valence-electron chi connectivity index (χ2n) is 12.1. The van der Waals surface area contributed by atoms with Gasteiger partial charge in [-0.05, 0) is 67.2 Å². The molecule has 3 amide bonds. The Morgan fingerprint density at radius 1 is 1.13 bits per heavy atom. The number of anilines is 1. The van der Waals surface area contributed by atoms with Gasteiger partial charge in [0.1, 0.15) is 0 Å². The number of unbranched alkanes of at least 4 members (excludes halogenated alkanes) is 1. The molecule has 1 N–H and O–H groups in total. The number of carbonyl (C=O) groups excluding carboxylic acids is 2. The van der Waals surface area contributed by atoms with E-state index in [1.807, 2.05) is 17.0 Å². The van der Waals surface area contributed by atoms with E-state index in [0.29, 0.717) is 35.4 Å². The smallest absolute Gasteiger partial charge is 0.322 e. The molecule has 2 fully saturated rings. The van der Waals surface area contributed by atoms with Crippen molar-refractivity contribution >= 4 is 29.2 Å². The van der Waals surface area contributed by atoms with Gasteiger partial charge in [0.15, 0.2) is 0 Å². The number of nitrogens with one attached hydrogen (secondary N) is 1. The van der Waals surface area contributed by atoms with Crippen LogP contribution in [0.2, 0.25) is 5.02 Å². The largest absolute Gasteiger partial charge is 0.340 e. The van der Waals surface area contributed by atoms with Crippen molar-refractivity contribution in [2.45, 2.75) is 66.2 Å². The van der Waals surface area contributed by atoms with Gasteiger partial charge in [0, 0.05) is 62.4 Å². The van der Waals surface area contributed by atoms with Crippen LogP contribution in [-0.2, 0) is 4.79 Å². The van der Waals surface area contributed by atoms with Gasteiger partial charge >= 0.3 is 6.03 Å². The topological polar surface area (TPSA) is 55.9 Å². The van der Waals surface area contributed by atoms with E-state index >= 15 is 0 Å². The molecule has 1 aliphatic heterocycles. The Balaban J connectivity index is 1.34. The van der Waals surface area contributed by atoms with Gasteiger partial charge in [0.05, 0.1) is 0 Å². The van der Waals surface area contributed by atoms with Crippen LogP contribution in [0.5, 0.6) is 0 Å². The lowest BCUT2D eigenvalue weighted by atomic mass is 9.49. The highest BCUT2D eigenvalue weighted by Crippen LogP contribution is 2.59. The lowest BCUT2D eigenvalue weighted by molar-refractivity contribution is -0.137. The average molecular weight is 543 g/mol. The van der Waals surface area contributed by atoms with Crippen molar-refractivity contribution < 1.29 is 9.59 Å². The summed E-state index contributed by atoms with van der Waals surface area (Å²) in [5.41, 5.74) is 2.50. The normalized spacial score (nSPS) is 23.3. The molecule has 1 saturated carbocycles. The lowest BCUT2D eigenvalue weighted by Gasteiger charge is -2.57. The molecule has 4 aliphatic rings. The van der Waals surface area contributed by atoms with Gasteiger partial charge in [-0.2, -0.15) is 0 Å². The number of nitrogens with zero attached hydrogens (tertiary/aromatic N) is 3. The fraction of sp³-hybridized carbons (Fsp3) is 0.677. The summed E-state index contributed by atoms with van der Waals surface area (Å²) in [6, 6.07) is 7.22. The second kappa shape index (κ2) is 12.9. The molecular formula is C31H47ClN4O2. The highest BCUT2D eigenvalue weighted by molar-refractivity contribution is 6.30. The maximum Gasteiger partial charge on any atom is 0.322 e. The lowest BCUT2D eigenvalue weighted by Crippen LogP contribution is -2.53. The van der Waals surface area contributed by atoms with Crippen molar-refractivity contribution in [1.82, 2.24) is 14.7 Å². The number of hydrogen-bond acceptors (Lipinski definition) is 3. The maximum absolute atomic E-state index is 13.4. The maximum atomic E-state index is 13.4. The van der Waals surface area contributed by atoms with Crippen molar-refractivity contribution in [3.05, 3.63) is 40.9 Å². The molecule has 3 unspecified atom stereocenters. The van der Waals surface area contributed by atoms with Crippen LogP contribution < -0.4 is 5.32 Å². The first kappa shape index (κ1) is 28.9. The molecule has 6 nitrogen and oxygen atoms in total. The average Bonchev–Trinajstić information content (AvgIpc) is 2.92. The summed E-state index contributed by atoms with van der Waals surface area (Å²) in [5, 5.41) is 3.74. The monoisotopic (exact) mass is 542 g/mol. The SMILES string of the molecule is CCCCC(CC)C(=O)N1CCN(CCN(CC2=CCC3CC2C3(C)C)C(=O)Nc2ccc(Cl)cc2)CC1. The number of hydrogen-bond donors (Lipinski definition) is 1. The first-order valence-electron chi connectivity index (χ1n) is 14.7. The highest BCUT2D eigenvalue weighted by Gasteiger charge is 2.51. The minimum Gasteiger partial charge on any atom is -0.340 e. The summed E-state index contributed by atoms with van der Waals surface area (Å²) in [7, 11) is 0. The van der Waals surface area contributed by atoms with E-state index in [2.05, 4.69) is 48.9 Å². The van der Waals surface area contributed by atoms with E-state index in [-0.39, 0.29) is 11.9 Å². The number of fused-ring (bicyclic) bond motifs is 1. The molecule has 3 aliphatic carbocycles. The van der Waals surface area contributed by atoms with Crippen LogP contribution in [0.1, 0.15) is 66.2 Å². The van der Waals surface area contributed by atoms with Gasteiger partial charge in [0.25, 0.3) is 0 Å². The van der Waals surface area contributed by atoms with Crippen LogP contribution in [0, 0.1) is 23.2 Å². The van der Waals surface area contributed by atoms with Gasteiger partial charge < -0.3 is 15.1 Å². The predicted octanol–water partition coefficient (Wildman–Crippen LogP) is 6.53. The first-order valence-corrected chi connectivity index (χ1v) is 15.1. The molecule has 0 aromatic heterocycles. The van der Waals surface area contributed by atoms with Crippen LogP contribution >= 0.6 is 11.6 Å². The zero-order valence-corrected chi connectivity index (χ0v) is 24.6. The second-order valence-corrected chi connectivity index (χ2v) is 12.5. The molecule has 7 heteroatoms. The molecule has 0 spiro atoms. The molecule has 1 aromatic carbocycles. The predicted molar refractivity (Wildman–Crippen MR) is 156 cm³/mol. The third kappa shape index (κ3) is 6.74. The number of benzene rings is 1. The summed E-state index contributed by atoms with van der Waals surface area (Å²) < 4.78 is 0. The molecule has 1 aromatic rings. The molecule has 210 valence electrons. The van der Waals surface area contributed by atoms with Crippen molar-refractivity contribution in [3.63, 3.8) is 0 Å². The molecule has 5 rings (SSSR count). The molecular weight excluding hydrogens is 496 g/mol. The van der Waals surface area contributed by atoms with Crippen LogP contribution in [0.4, 0.5) is 10.5 Å². The van der Waals surface area contributed by atoms with E-state index in [1.54, 1.807) is 12.1 Å². The van der Waals surface area contributed by atoms with E-state index < -0.39 is 0 Å².